The molecule has 0 aliphatic heterocycles. The third-order valence-electron chi connectivity index (χ3n) is 1.99. The molecule has 0 aromatic carbocycles. The molecule has 0 saturated carbocycles. The summed E-state index contributed by atoms with van der Waals surface area (Å²) in [6.07, 6.45) is 0.945. The van der Waals surface area contributed by atoms with E-state index in [9.17, 15) is 4.79 Å². The fraction of sp³-hybridized carbons (Fsp3) is 0.889. The Bertz CT molecular complexity index is 150. The number of rotatable bonds is 7. The molecule has 0 amide bonds. The molecular formula is C9H19NO3. The van der Waals surface area contributed by atoms with E-state index in [-0.39, 0.29) is 12.0 Å². The highest BCUT2D eigenvalue weighted by Gasteiger charge is 2.12. The van der Waals surface area contributed by atoms with Gasteiger partial charge in [-0.2, -0.15) is 0 Å². The van der Waals surface area contributed by atoms with E-state index in [1.807, 2.05) is 6.92 Å². The van der Waals surface area contributed by atoms with Crippen LogP contribution in [0.1, 0.15) is 20.3 Å². The number of carboxylic acids is 1. The topological polar surface area (TPSA) is 58.6 Å². The minimum absolute atomic E-state index is 0.256. The molecule has 0 saturated heterocycles. The monoisotopic (exact) mass is 189 g/mol. The third kappa shape index (κ3) is 5.60. The van der Waals surface area contributed by atoms with Crippen LogP contribution in [-0.2, 0) is 9.53 Å². The molecular weight excluding hydrogens is 170 g/mol. The lowest BCUT2D eigenvalue weighted by Crippen LogP contribution is -2.37. The van der Waals surface area contributed by atoms with Crippen LogP contribution in [-0.4, -0.2) is 37.4 Å². The Morgan fingerprint density at radius 1 is 1.62 bits per heavy atom. The Morgan fingerprint density at radius 2 is 2.23 bits per heavy atom. The highest BCUT2D eigenvalue weighted by Crippen LogP contribution is 1.96. The predicted octanol–water partition coefficient (Wildman–Crippen LogP) is 0.722. The fourth-order valence-corrected chi connectivity index (χ4v) is 0.953. The summed E-state index contributed by atoms with van der Waals surface area (Å²) >= 11 is 0. The summed E-state index contributed by atoms with van der Waals surface area (Å²) < 4.78 is 4.98. The van der Waals surface area contributed by atoms with Gasteiger partial charge in [-0.05, 0) is 6.42 Å². The molecule has 0 radical (unpaired) electrons. The second-order valence-corrected chi connectivity index (χ2v) is 3.21. The summed E-state index contributed by atoms with van der Waals surface area (Å²) in [6.45, 7) is 4.86. The number of aliphatic carboxylic acids is 1. The van der Waals surface area contributed by atoms with E-state index in [1.54, 1.807) is 14.0 Å². The Hall–Kier alpha value is -0.610. The van der Waals surface area contributed by atoms with Gasteiger partial charge in [-0.15, -0.1) is 0 Å². The molecule has 0 aliphatic rings. The fourth-order valence-electron chi connectivity index (χ4n) is 0.953. The van der Waals surface area contributed by atoms with E-state index in [1.165, 1.54) is 0 Å². The summed E-state index contributed by atoms with van der Waals surface area (Å²) in [6, 6.07) is 0.256. The van der Waals surface area contributed by atoms with Crippen LogP contribution in [0.2, 0.25) is 0 Å². The largest absolute Gasteiger partial charge is 0.481 e. The molecule has 2 atom stereocenters. The molecule has 4 heteroatoms. The van der Waals surface area contributed by atoms with Crippen molar-refractivity contribution < 1.29 is 14.6 Å². The first-order chi connectivity index (χ1) is 6.11. The Labute approximate surface area is 79.3 Å². The average molecular weight is 189 g/mol. The van der Waals surface area contributed by atoms with Gasteiger partial charge in [0.1, 0.15) is 0 Å². The van der Waals surface area contributed by atoms with Crippen molar-refractivity contribution in [1.29, 1.82) is 0 Å². The molecule has 2 unspecified atom stereocenters. The minimum Gasteiger partial charge on any atom is -0.481 e. The maximum atomic E-state index is 10.5. The number of ether oxygens (including phenoxy) is 1. The van der Waals surface area contributed by atoms with Crippen molar-refractivity contribution in [3.63, 3.8) is 0 Å². The zero-order chi connectivity index (χ0) is 10.3. The molecule has 2 N–H and O–H groups in total. The van der Waals surface area contributed by atoms with Crippen molar-refractivity contribution >= 4 is 5.97 Å². The van der Waals surface area contributed by atoms with Crippen molar-refractivity contribution in [3.05, 3.63) is 0 Å². The smallest absolute Gasteiger partial charge is 0.307 e. The number of carboxylic acid groups (broad SMARTS) is 1. The Morgan fingerprint density at radius 3 is 2.62 bits per heavy atom. The number of methoxy groups -OCH3 is 1. The standard InChI is InChI=1S/C9H19NO3/c1-4-8(6-13-3)10-5-7(2)9(11)12/h7-8,10H,4-6H2,1-3H3,(H,11,12). The molecule has 0 aliphatic carbocycles. The van der Waals surface area contributed by atoms with Crippen molar-refractivity contribution in [2.45, 2.75) is 26.3 Å². The highest BCUT2D eigenvalue weighted by molar-refractivity contribution is 5.69. The molecule has 0 heterocycles. The first-order valence-corrected chi connectivity index (χ1v) is 4.56. The van der Waals surface area contributed by atoms with E-state index < -0.39 is 5.97 Å². The number of hydrogen-bond acceptors (Lipinski definition) is 3. The van der Waals surface area contributed by atoms with Crippen molar-refractivity contribution in [3.8, 4) is 0 Å². The van der Waals surface area contributed by atoms with Gasteiger partial charge in [-0.3, -0.25) is 4.79 Å². The summed E-state index contributed by atoms with van der Waals surface area (Å²) in [5.74, 6) is -1.11. The molecule has 0 aromatic heterocycles. The van der Waals surface area contributed by atoms with Crippen LogP contribution in [0.5, 0.6) is 0 Å². The van der Waals surface area contributed by atoms with E-state index in [4.69, 9.17) is 9.84 Å². The minimum atomic E-state index is -0.764. The summed E-state index contributed by atoms with van der Waals surface area (Å²) in [5.41, 5.74) is 0. The van der Waals surface area contributed by atoms with Gasteiger partial charge in [0.25, 0.3) is 0 Å². The van der Waals surface area contributed by atoms with Crippen LogP contribution in [0.25, 0.3) is 0 Å². The van der Waals surface area contributed by atoms with E-state index in [2.05, 4.69) is 5.32 Å². The van der Waals surface area contributed by atoms with Gasteiger partial charge in [0.2, 0.25) is 0 Å². The quantitative estimate of drug-likeness (QED) is 0.619. The zero-order valence-corrected chi connectivity index (χ0v) is 8.54. The van der Waals surface area contributed by atoms with Gasteiger partial charge in [-0.25, -0.2) is 0 Å². The van der Waals surface area contributed by atoms with Crippen molar-refractivity contribution in [2.24, 2.45) is 5.92 Å². The van der Waals surface area contributed by atoms with Crippen LogP contribution in [0.3, 0.4) is 0 Å². The number of carbonyl (C=O) groups is 1. The van der Waals surface area contributed by atoms with E-state index in [0.29, 0.717) is 13.2 Å². The Balaban J connectivity index is 3.64. The first-order valence-electron chi connectivity index (χ1n) is 4.56. The van der Waals surface area contributed by atoms with Crippen molar-refractivity contribution in [1.82, 2.24) is 5.32 Å². The SMILES string of the molecule is CCC(COC)NCC(C)C(=O)O. The predicted molar refractivity (Wildman–Crippen MR) is 50.8 cm³/mol. The normalized spacial score (nSPS) is 15.3. The average Bonchev–Trinajstić information content (AvgIpc) is 2.11. The van der Waals surface area contributed by atoms with Gasteiger partial charge in [0.05, 0.1) is 12.5 Å². The van der Waals surface area contributed by atoms with Gasteiger partial charge >= 0.3 is 5.97 Å². The third-order valence-corrected chi connectivity index (χ3v) is 1.99. The molecule has 4 nitrogen and oxygen atoms in total. The lowest BCUT2D eigenvalue weighted by Gasteiger charge is -2.17. The molecule has 0 aromatic rings. The molecule has 0 bridgehead atoms. The summed E-state index contributed by atoms with van der Waals surface area (Å²) in [7, 11) is 1.64. The highest BCUT2D eigenvalue weighted by atomic mass is 16.5. The molecule has 0 rings (SSSR count). The lowest BCUT2D eigenvalue weighted by atomic mass is 10.1. The summed E-state index contributed by atoms with van der Waals surface area (Å²) in [4.78, 5) is 10.5. The maximum Gasteiger partial charge on any atom is 0.307 e. The van der Waals surface area contributed by atoms with Crippen LogP contribution in [0.4, 0.5) is 0 Å². The number of nitrogens with one attached hydrogen (secondary N) is 1. The molecule has 78 valence electrons. The van der Waals surface area contributed by atoms with Crippen LogP contribution in [0.15, 0.2) is 0 Å². The molecule has 0 fully saturated rings. The second-order valence-electron chi connectivity index (χ2n) is 3.21. The molecule has 13 heavy (non-hydrogen) atoms. The van der Waals surface area contributed by atoms with Crippen LogP contribution in [0, 0.1) is 5.92 Å². The van der Waals surface area contributed by atoms with Gasteiger partial charge in [0, 0.05) is 19.7 Å². The van der Waals surface area contributed by atoms with Gasteiger partial charge in [-0.1, -0.05) is 13.8 Å². The maximum absolute atomic E-state index is 10.5. The Kier molecular flexibility index (Phi) is 6.54. The summed E-state index contributed by atoms with van der Waals surface area (Å²) in [5, 5.41) is 11.8. The second kappa shape index (κ2) is 6.86. The lowest BCUT2D eigenvalue weighted by molar-refractivity contribution is -0.141. The first kappa shape index (κ1) is 12.4. The molecule has 0 spiro atoms. The van der Waals surface area contributed by atoms with E-state index >= 15 is 0 Å². The number of hydrogen-bond donors (Lipinski definition) is 2. The van der Waals surface area contributed by atoms with Gasteiger partial charge in [0.15, 0.2) is 0 Å². The van der Waals surface area contributed by atoms with E-state index in [0.717, 1.165) is 6.42 Å². The zero-order valence-electron chi connectivity index (χ0n) is 8.54. The van der Waals surface area contributed by atoms with Crippen LogP contribution < -0.4 is 5.32 Å². The van der Waals surface area contributed by atoms with Crippen LogP contribution >= 0.6 is 0 Å². The van der Waals surface area contributed by atoms with Crippen molar-refractivity contribution in [2.75, 3.05) is 20.3 Å². The van der Waals surface area contributed by atoms with Gasteiger partial charge < -0.3 is 15.2 Å².